The first-order valence-electron chi connectivity index (χ1n) is 7.63. The van der Waals surface area contributed by atoms with Crippen molar-refractivity contribution in [1.82, 2.24) is 10.2 Å². The molecule has 0 aromatic carbocycles. The number of hydrogen-bond donors (Lipinski definition) is 2. The number of hydrogen-bond acceptors (Lipinski definition) is 3. The SMILES string of the molecule is CCCCCN(C)CCCCC(C)(NCC)C(=O)O. The number of aliphatic carboxylic acids is 1. The molecule has 0 aromatic heterocycles. The zero-order valence-corrected chi connectivity index (χ0v) is 13.2. The fraction of sp³-hybridized carbons (Fsp3) is 0.933. The molecule has 1 unspecified atom stereocenters. The van der Waals surface area contributed by atoms with E-state index in [4.69, 9.17) is 0 Å². The van der Waals surface area contributed by atoms with Crippen molar-refractivity contribution in [2.45, 2.75) is 64.8 Å². The number of nitrogens with zero attached hydrogens (tertiary/aromatic N) is 1. The van der Waals surface area contributed by atoms with Crippen molar-refractivity contribution in [3.05, 3.63) is 0 Å². The summed E-state index contributed by atoms with van der Waals surface area (Å²) in [4.78, 5) is 13.6. The van der Waals surface area contributed by atoms with Crippen LogP contribution in [0.15, 0.2) is 0 Å². The van der Waals surface area contributed by atoms with E-state index in [0.29, 0.717) is 13.0 Å². The van der Waals surface area contributed by atoms with Crippen molar-refractivity contribution in [1.29, 1.82) is 0 Å². The predicted molar refractivity (Wildman–Crippen MR) is 80.6 cm³/mol. The molecule has 0 aliphatic carbocycles. The Hall–Kier alpha value is -0.610. The van der Waals surface area contributed by atoms with Crippen LogP contribution in [0.25, 0.3) is 0 Å². The van der Waals surface area contributed by atoms with Gasteiger partial charge in [0.05, 0.1) is 0 Å². The first-order valence-corrected chi connectivity index (χ1v) is 7.63. The van der Waals surface area contributed by atoms with Gasteiger partial charge in [0.25, 0.3) is 0 Å². The fourth-order valence-corrected chi connectivity index (χ4v) is 2.26. The lowest BCUT2D eigenvalue weighted by Gasteiger charge is -2.26. The van der Waals surface area contributed by atoms with E-state index in [1.807, 2.05) is 6.92 Å². The first-order chi connectivity index (χ1) is 8.96. The predicted octanol–water partition coefficient (Wildman–Crippen LogP) is 2.73. The summed E-state index contributed by atoms with van der Waals surface area (Å²) < 4.78 is 0. The lowest BCUT2D eigenvalue weighted by molar-refractivity contribution is -0.144. The van der Waals surface area contributed by atoms with Gasteiger partial charge in [-0.1, -0.05) is 26.7 Å². The number of likely N-dealkylation sites (N-methyl/N-ethyl adjacent to an activating group) is 1. The van der Waals surface area contributed by atoms with E-state index in [0.717, 1.165) is 25.9 Å². The molecule has 0 fully saturated rings. The van der Waals surface area contributed by atoms with E-state index in [1.54, 1.807) is 6.92 Å². The average Bonchev–Trinajstić information content (AvgIpc) is 2.35. The highest BCUT2D eigenvalue weighted by atomic mass is 16.4. The second-order valence-corrected chi connectivity index (χ2v) is 5.64. The number of unbranched alkanes of at least 4 members (excludes halogenated alkanes) is 3. The summed E-state index contributed by atoms with van der Waals surface area (Å²) in [6.45, 7) is 8.85. The summed E-state index contributed by atoms with van der Waals surface area (Å²) in [6, 6.07) is 0. The van der Waals surface area contributed by atoms with Crippen molar-refractivity contribution < 1.29 is 9.90 Å². The second-order valence-electron chi connectivity index (χ2n) is 5.64. The number of nitrogens with one attached hydrogen (secondary N) is 1. The molecule has 0 heterocycles. The van der Waals surface area contributed by atoms with Crippen LogP contribution in [-0.4, -0.2) is 48.2 Å². The molecule has 19 heavy (non-hydrogen) atoms. The van der Waals surface area contributed by atoms with Crippen molar-refractivity contribution in [2.24, 2.45) is 0 Å². The molecule has 0 aliphatic rings. The lowest BCUT2D eigenvalue weighted by atomic mass is 9.95. The largest absolute Gasteiger partial charge is 0.480 e. The first kappa shape index (κ1) is 18.4. The zero-order chi connectivity index (χ0) is 14.7. The normalized spacial score (nSPS) is 14.6. The molecule has 0 radical (unpaired) electrons. The van der Waals surface area contributed by atoms with Crippen LogP contribution in [0.1, 0.15) is 59.3 Å². The molecule has 0 aromatic rings. The summed E-state index contributed by atoms with van der Waals surface area (Å²) in [7, 11) is 2.15. The van der Waals surface area contributed by atoms with Gasteiger partial charge in [-0.15, -0.1) is 0 Å². The maximum absolute atomic E-state index is 11.2. The smallest absolute Gasteiger partial charge is 0.323 e. The summed E-state index contributed by atoms with van der Waals surface area (Å²) in [5, 5.41) is 12.3. The number of carbonyl (C=O) groups is 1. The van der Waals surface area contributed by atoms with Crippen LogP contribution in [0.4, 0.5) is 0 Å². The van der Waals surface area contributed by atoms with Crippen LogP contribution in [0.3, 0.4) is 0 Å². The number of rotatable bonds is 12. The third-order valence-corrected chi connectivity index (χ3v) is 3.65. The highest BCUT2D eigenvalue weighted by Crippen LogP contribution is 2.14. The molecule has 0 spiro atoms. The number of carboxylic acids is 1. The minimum atomic E-state index is -0.768. The average molecular weight is 272 g/mol. The van der Waals surface area contributed by atoms with Crippen LogP contribution in [0, 0.1) is 0 Å². The summed E-state index contributed by atoms with van der Waals surface area (Å²) in [5.41, 5.74) is -0.768. The molecule has 0 aliphatic heterocycles. The van der Waals surface area contributed by atoms with Crippen molar-refractivity contribution in [3.63, 3.8) is 0 Å². The van der Waals surface area contributed by atoms with Gasteiger partial charge in [0, 0.05) is 0 Å². The molecule has 0 saturated heterocycles. The zero-order valence-electron chi connectivity index (χ0n) is 13.2. The molecule has 0 saturated carbocycles. The Balaban J connectivity index is 3.79. The second kappa shape index (κ2) is 10.2. The molecule has 2 N–H and O–H groups in total. The van der Waals surface area contributed by atoms with Gasteiger partial charge in [-0.2, -0.15) is 0 Å². The molecule has 0 amide bonds. The molecule has 1 atom stereocenters. The third-order valence-electron chi connectivity index (χ3n) is 3.65. The summed E-state index contributed by atoms with van der Waals surface area (Å²) in [5.74, 6) is -0.745. The van der Waals surface area contributed by atoms with Gasteiger partial charge >= 0.3 is 5.97 Å². The van der Waals surface area contributed by atoms with E-state index in [2.05, 4.69) is 24.2 Å². The lowest BCUT2D eigenvalue weighted by Crippen LogP contribution is -2.49. The quantitative estimate of drug-likeness (QED) is 0.536. The van der Waals surface area contributed by atoms with E-state index in [-0.39, 0.29) is 0 Å². The Kier molecular flexibility index (Phi) is 9.88. The van der Waals surface area contributed by atoms with E-state index < -0.39 is 11.5 Å². The maximum Gasteiger partial charge on any atom is 0.323 e. The summed E-state index contributed by atoms with van der Waals surface area (Å²) in [6.07, 6.45) is 6.52. The van der Waals surface area contributed by atoms with Gasteiger partial charge in [0.1, 0.15) is 5.54 Å². The van der Waals surface area contributed by atoms with Crippen LogP contribution in [0.5, 0.6) is 0 Å². The van der Waals surface area contributed by atoms with Crippen molar-refractivity contribution >= 4 is 5.97 Å². The minimum absolute atomic E-state index is 0.693. The fourth-order valence-electron chi connectivity index (χ4n) is 2.26. The minimum Gasteiger partial charge on any atom is -0.480 e. The topological polar surface area (TPSA) is 52.6 Å². The van der Waals surface area contributed by atoms with Gasteiger partial charge in [0.15, 0.2) is 0 Å². The standard InChI is InChI=1S/C15H32N2O2/c1-5-7-9-12-17(4)13-10-8-11-15(3,14(18)19)16-6-2/h16H,5-13H2,1-4H3,(H,18,19). The molecular formula is C15H32N2O2. The Morgan fingerprint density at radius 1 is 1.16 bits per heavy atom. The van der Waals surface area contributed by atoms with Crippen molar-refractivity contribution in [3.8, 4) is 0 Å². The monoisotopic (exact) mass is 272 g/mol. The molecule has 0 rings (SSSR count). The maximum atomic E-state index is 11.2. The van der Waals surface area contributed by atoms with Crippen LogP contribution >= 0.6 is 0 Å². The summed E-state index contributed by atoms with van der Waals surface area (Å²) >= 11 is 0. The molecule has 4 heteroatoms. The molecule has 114 valence electrons. The van der Waals surface area contributed by atoms with Crippen molar-refractivity contribution in [2.75, 3.05) is 26.7 Å². The van der Waals surface area contributed by atoms with Gasteiger partial charge in [0.2, 0.25) is 0 Å². The van der Waals surface area contributed by atoms with E-state index in [9.17, 15) is 9.90 Å². The van der Waals surface area contributed by atoms with Gasteiger partial charge in [-0.05, 0) is 59.3 Å². The number of carboxylic acid groups (broad SMARTS) is 1. The highest BCUT2D eigenvalue weighted by Gasteiger charge is 2.30. The molecular weight excluding hydrogens is 240 g/mol. The Morgan fingerprint density at radius 3 is 2.21 bits per heavy atom. The van der Waals surface area contributed by atoms with Crippen LogP contribution in [0.2, 0.25) is 0 Å². The van der Waals surface area contributed by atoms with Crippen LogP contribution in [-0.2, 0) is 4.79 Å². The van der Waals surface area contributed by atoms with Gasteiger partial charge in [-0.25, -0.2) is 0 Å². The Labute approximate surface area is 118 Å². The van der Waals surface area contributed by atoms with E-state index in [1.165, 1.54) is 19.3 Å². The Bertz CT molecular complexity index is 246. The molecule has 0 bridgehead atoms. The Morgan fingerprint density at radius 2 is 1.74 bits per heavy atom. The van der Waals surface area contributed by atoms with Gasteiger partial charge < -0.3 is 15.3 Å². The van der Waals surface area contributed by atoms with Gasteiger partial charge in [-0.3, -0.25) is 4.79 Å². The molecule has 4 nitrogen and oxygen atoms in total. The third kappa shape index (κ3) is 8.22. The van der Waals surface area contributed by atoms with Crippen LogP contribution < -0.4 is 5.32 Å². The highest BCUT2D eigenvalue weighted by molar-refractivity contribution is 5.78. The van der Waals surface area contributed by atoms with E-state index >= 15 is 0 Å².